The van der Waals surface area contributed by atoms with Gasteiger partial charge in [-0.05, 0) is 12.1 Å². The Balaban J connectivity index is 2.34. The molecule has 0 spiro atoms. The number of hydrogen-bond acceptors (Lipinski definition) is 4. The average molecular weight is 213 g/mol. The highest BCUT2D eigenvalue weighted by Gasteiger charge is 2.10. The number of oxazole rings is 1. The molecular weight excluding hydrogens is 206 g/mol. The van der Waals surface area contributed by atoms with Crippen LogP contribution in [0, 0.1) is 0 Å². The molecule has 78 valence electrons. The van der Waals surface area contributed by atoms with E-state index in [1.807, 2.05) is 6.07 Å². The van der Waals surface area contributed by atoms with Gasteiger partial charge in [-0.3, -0.25) is 4.79 Å². The molecule has 0 saturated heterocycles. The van der Waals surface area contributed by atoms with E-state index in [1.165, 1.54) is 6.39 Å². The molecule has 3 aromatic heterocycles. The molecule has 0 amide bonds. The lowest BCUT2D eigenvalue weighted by Gasteiger charge is -2.00. The van der Waals surface area contributed by atoms with E-state index in [1.54, 1.807) is 29.1 Å². The molecule has 0 atom stereocenters. The molecule has 0 aliphatic heterocycles. The third-order valence-electron chi connectivity index (χ3n) is 2.40. The van der Waals surface area contributed by atoms with Crippen molar-refractivity contribution in [2.24, 2.45) is 0 Å². The minimum Gasteiger partial charge on any atom is -0.442 e. The Kier molecular flexibility index (Phi) is 1.83. The summed E-state index contributed by atoms with van der Waals surface area (Å²) in [4.78, 5) is 18.9. The first-order valence-electron chi connectivity index (χ1n) is 4.70. The molecule has 0 N–H and O–H groups in total. The summed E-state index contributed by atoms with van der Waals surface area (Å²) in [6.45, 7) is 0. The Morgan fingerprint density at radius 3 is 3.06 bits per heavy atom. The molecular formula is C11H7N3O2. The maximum Gasteiger partial charge on any atom is 0.181 e. The quantitative estimate of drug-likeness (QED) is 0.609. The van der Waals surface area contributed by atoms with Gasteiger partial charge in [-0.1, -0.05) is 0 Å². The van der Waals surface area contributed by atoms with Crippen LogP contribution in [0.3, 0.4) is 0 Å². The largest absolute Gasteiger partial charge is 0.442 e. The predicted molar refractivity (Wildman–Crippen MR) is 56.1 cm³/mol. The van der Waals surface area contributed by atoms with Crippen molar-refractivity contribution in [3.05, 3.63) is 42.8 Å². The van der Waals surface area contributed by atoms with Crippen molar-refractivity contribution in [1.29, 1.82) is 0 Å². The number of hydrogen-bond donors (Lipinski definition) is 0. The Morgan fingerprint density at radius 2 is 2.31 bits per heavy atom. The molecule has 0 radical (unpaired) electrons. The molecule has 0 fully saturated rings. The summed E-state index contributed by atoms with van der Waals surface area (Å²) in [6, 6.07) is 3.57. The summed E-state index contributed by atoms with van der Waals surface area (Å²) < 4.78 is 6.96. The van der Waals surface area contributed by atoms with Gasteiger partial charge < -0.3 is 8.82 Å². The van der Waals surface area contributed by atoms with Crippen molar-refractivity contribution < 1.29 is 9.21 Å². The van der Waals surface area contributed by atoms with Crippen LogP contribution in [0.15, 0.2) is 41.5 Å². The number of aromatic nitrogens is 3. The van der Waals surface area contributed by atoms with E-state index in [0.29, 0.717) is 17.1 Å². The van der Waals surface area contributed by atoms with Crippen LogP contribution >= 0.6 is 0 Å². The number of nitrogens with zero attached hydrogens (tertiary/aromatic N) is 3. The number of rotatable bonds is 2. The van der Waals surface area contributed by atoms with Gasteiger partial charge >= 0.3 is 0 Å². The summed E-state index contributed by atoms with van der Waals surface area (Å²) in [6.07, 6.45) is 7.11. The normalized spacial score (nSPS) is 10.8. The minimum atomic E-state index is 0.582. The van der Waals surface area contributed by atoms with Crippen LogP contribution in [0.1, 0.15) is 10.5 Å². The third-order valence-corrected chi connectivity index (χ3v) is 2.40. The summed E-state index contributed by atoms with van der Waals surface area (Å²) in [5.41, 5.74) is 2.08. The van der Waals surface area contributed by atoms with E-state index in [0.717, 1.165) is 11.8 Å². The van der Waals surface area contributed by atoms with Crippen LogP contribution in [0.25, 0.3) is 17.0 Å². The van der Waals surface area contributed by atoms with E-state index in [2.05, 4.69) is 9.97 Å². The second kappa shape index (κ2) is 3.30. The monoisotopic (exact) mass is 213 g/mol. The van der Waals surface area contributed by atoms with Crippen LogP contribution in [-0.2, 0) is 0 Å². The minimum absolute atomic E-state index is 0.582. The van der Waals surface area contributed by atoms with Gasteiger partial charge in [0.1, 0.15) is 5.69 Å². The van der Waals surface area contributed by atoms with Crippen molar-refractivity contribution in [3.63, 3.8) is 0 Å². The Labute approximate surface area is 90.4 Å². The first kappa shape index (κ1) is 8.84. The van der Waals surface area contributed by atoms with E-state index in [-0.39, 0.29) is 0 Å². The van der Waals surface area contributed by atoms with Crippen LogP contribution in [0.2, 0.25) is 0 Å². The Morgan fingerprint density at radius 1 is 1.38 bits per heavy atom. The summed E-state index contributed by atoms with van der Waals surface area (Å²) in [7, 11) is 0. The fraction of sp³-hybridized carbons (Fsp3) is 0. The standard InChI is InChI=1S/C11H7N3O2/c15-6-8-1-2-9-11(10-5-12-7-16-10)13-3-4-14(8)9/h1-7H. The highest BCUT2D eigenvalue weighted by Crippen LogP contribution is 2.22. The molecule has 5 nitrogen and oxygen atoms in total. The maximum atomic E-state index is 10.8. The molecule has 16 heavy (non-hydrogen) atoms. The highest BCUT2D eigenvalue weighted by atomic mass is 16.3. The van der Waals surface area contributed by atoms with Gasteiger partial charge in [0.2, 0.25) is 0 Å². The van der Waals surface area contributed by atoms with Crippen molar-refractivity contribution in [3.8, 4) is 11.5 Å². The van der Waals surface area contributed by atoms with Gasteiger partial charge in [-0.15, -0.1) is 0 Å². The second-order valence-electron chi connectivity index (χ2n) is 3.27. The number of carbonyl (C=O) groups excluding carboxylic acids is 1. The molecule has 3 heterocycles. The van der Waals surface area contributed by atoms with Gasteiger partial charge in [-0.2, -0.15) is 0 Å². The topological polar surface area (TPSA) is 60.4 Å². The average Bonchev–Trinajstić information content (AvgIpc) is 2.97. The molecule has 0 aliphatic carbocycles. The van der Waals surface area contributed by atoms with Crippen LogP contribution in [0.4, 0.5) is 0 Å². The first-order valence-corrected chi connectivity index (χ1v) is 4.70. The van der Waals surface area contributed by atoms with Gasteiger partial charge in [0, 0.05) is 12.4 Å². The van der Waals surface area contributed by atoms with E-state index in [9.17, 15) is 4.79 Å². The lowest BCUT2D eigenvalue weighted by molar-refractivity contribution is 0.111. The highest BCUT2D eigenvalue weighted by molar-refractivity contribution is 5.81. The van der Waals surface area contributed by atoms with Crippen molar-refractivity contribution in [2.75, 3.05) is 0 Å². The summed E-state index contributed by atoms with van der Waals surface area (Å²) in [5, 5.41) is 0. The number of fused-ring (bicyclic) bond motifs is 1. The summed E-state index contributed by atoms with van der Waals surface area (Å²) in [5.74, 6) is 0.584. The molecule has 0 bridgehead atoms. The van der Waals surface area contributed by atoms with Gasteiger partial charge in [-0.25, -0.2) is 9.97 Å². The van der Waals surface area contributed by atoms with Crippen LogP contribution in [-0.4, -0.2) is 20.7 Å². The first-order chi connectivity index (χ1) is 7.90. The second-order valence-corrected chi connectivity index (χ2v) is 3.27. The van der Waals surface area contributed by atoms with Gasteiger partial charge in [0.15, 0.2) is 18.4 Å². The summed E-state index contributed by atoms with van der Waals surface area (Å²) >= 11 is 0. The molecule has 0 aromatic carbocycles. The maximum absolute atomic E-state index is 10.8. The predicted octanol–water partition coefficient (Wildman–Crippen LogP) is 1.80. The molecule has 5 heteroatoms. The smallest absolute Gasteiger partial charge is 0.181 e. The number of aldehydes is 1. The molecule has 0 unspecified atom stereocenters. The van der Waals surface area contributed by atoms with Crippen molar-refractivity contribution in [2.45, 2.75) is 0 Å². The zero-order chi connectivity index (χ0) is 11.0. The van der Waals surface area contributed by atoms with Crippen molar-refractivity contribution in [1.82, 2.24) is 14.4 Å². The number of carbonyl (C=O) groups is 1. The third kappa shape index (κ3) is 1.15. The molecule has 3 aromatic rings. The van der Waals surface area contributed by atoms with E-state index < -0.39 is 0 Å². The SMILES string of the molecule is O=Cc1ccc2c(-c3cnco3)nccn12. The molecule has 3 rings (SSSR count). The van der Waals surface area contributed by atoms with Crippen LogP contribution < -0.4 is 0 Å². The zero-order valence-corrected chi connectivity index (χ0v) is 8.20. The molecule has 0 aliphatic rings. The van der Waals surface area contributed by atoms with Gasteiger partial charge in [0.25, 0.3) is 0 Å². The van der Waals surface area contributed by atoms with Crippen molar-refractivity contribution >= 4 is 11.8 Å². The Bertz CT molecular complexity index is 640. The zero-order valence-electron chi connectivity index (χ0n) is 8.20. The lowest BCUT2D eigenvalue weighted by Crippen LogP contribution is -1.93. The van der Waals surface area contributed by atoms with E-state index >= 15 is 0 Å². The van der Waals surface area contributed by atoms with Crippen LogP contribution in [0.5, 0.6) is 0 Å². The fourth-order valence-electron chi connectivity index (χ4n) is 1.68. The Hall–Kier alpha value is -2.43. The lowest BCUT2D eigenvalue weighted by atomic mass is 10.3. The molecule has 0 saturated carbocycles. The van der Waals surface area contributed by atoms with Gasteiger partial charge in [0.05, 0.1) is 17.4 Å². The fourth-order valence-corrected chi connectivity index (χ4v) is 1.68. The van der Waals surface area contributed by atoms with E-state index in [4.69, 9.17) is 4.42 Å².